The Balaban J connectivity index is 1.63. The molecule has 1 aliphatic rings. The number of oxazole rings is 1. The van der Waals surface area contributed by atoms with Gasteiger partial charge in [-0.05, 0) is 38.8 Å². The van der Waals surface area contributed by atoms with Gasteiger partial charge in [-0.1, -0.05) is 25.1 Å². The van der Waals surface area contributed by atoms with E-state index in [4.69, 9.17) is 9.41 Å². The first-order chi connectivity index (χ1) is 13.1. The second kappa shape index (κ2) is 9.04. The molecular weight excluding hydrogens is 338 g/mol. The molecule has 1 aromatic heterocycles. The van der Waals surface area contributed by atoms with Crippen LogP contribution in [0.25, 0.3) is 11.5 Å². The molecule has 6 nitrogen and oxygen atoms in total. The van der Waals surface area contributed by atoms with Crippen molar-refractivity contribution in [1.29, 1.82) is 0 Å². The van der Waals surface area contributed by atoms with Crippen LogP contribution in [-0.4, -0.2) is 47.6 Å². The van der Waals surface area contributed by atoms with Gasteiger partial charge in [0.1, 0.15) is 12.0 Å². The fourth-order valence-electron chi connectivity index (χ4n) is 3.36. The van der Waals surface area contributed by atoms with E-state index in [9.17, 15) is 0 Å². The van der Waals surface area contributed by atoms with Gasteiger partial charge in [-0.3, -0.25) is 4.90 Å². The van der Waals surface area contributed by atoms with Crippen molar-refractivity contribution in [3.05, 3.63) is 42.3 Å². The monoisotopic (exact) mass is 369 g/mol. The van der Waals surface area contributed by atoms with Crippen LogP contribution in [0.2, 0.25) is 0 Å². The third kappa shape index (κ3) is 5.10. The maximum absolute atomic E-state index is 5.61. The number of likely N-dealkylation sites (tertiary alicyclic amines) is 1. The molecule has 6 heteroatoms. The van der Waals surface area contributed by atoms with Crippen molar-refractivity contribution in [3.8, 4) is 11.5 Å². The van der Waals surface area contributed by atoms with Gasteiger partial charge >= 0.3 is 0 Å². The van der Waals surface area contributed by atoms with E-state index in [1.54, 1.807) is 6.26 Å². The smallest absolute Gasteiger partial charge is 0.226 e. The third-order valence-electron chi connectivity index (χ3n) is 5.01. The second-order valence-corrected chi connectivity index (χ2v) is 7.48. The van der Waals surface area contributed by atoms with Crippen LogP contribution in [0.3, 0.4) is 0 Å². The quantitative estimate of drug-likeness (QED) is 0.605. The Morgan fingerprint density at radius 3 is 2.74 bits per heavy atom. The number of hydrogen-bond donors (Lipinski definition) is 2. The highest BCUT2D eigenvalue weighted by atomic mass is 16.3. The van der Waals surface area contributed by atoms with Crippen LogP contribution >= 0.6 is 0 Å². The van der Waals surface area contributed by atoms with E-state index in [-0.39, 0.29) is 0 Å². The van der Waals surface area contributed by atoms with Crippen molar-refractivity contribution < 1.29 is 4.42 Å². The topological polar surface area (TPSA) is 65.7 Å². The van der Waals surface area contributed by atoms with Crippen molar-refractivity contribution in [3.63, 3.8) is 0 Å². The summed E-state index contributed by atoms with van der Waals surface area (Å²) in [5, 5.41) is 6.94. The first-order valence-corrected chi connectivity index (χ1v) is 9.85. The molecule has 146 valence electrons. The maximum atomic E-state index is 5.61. The van der Waals surface area contributed by atoms with E-state index < -0.39 is 0 Å². The molecule has 0 amide bonds. The number of nitrogens with one attached hydrogen (secondary N) is 2. The zero-order valence-electron chi connectivity index (χ0n) is 16.8. The summed E-state index contributed by atoms with van der Waals surface area (Å²) in [6.45, 7) is 12.4. The van der Waals surface area contributed by atoms with Crippen molar-refractivity contribution in [2.75, 3.05) is 19.6 Å². The molecule has 0 aliphatic carbocycles. The Morgan fingerprint density at radius 1 is 1.30 bits per heavy atom. The van der Waals surface area contributed by atoms with Crippen molar-refractivity contribution in [2.24, 2.45) is 10.9 Å². The Morgan fingerprint density at radius 2 is 2.07 bits per heavy atom. The molecule has 27 heavy (non-hydrogen) atoms. The van der Waals surface area contributed by atoms with E-state index in [1.807, 2.05) is 30.3 Å². The Labute approximate surface area is 162 Å². The lowest BCUT2D eigenvalue weighted by atomic mass is 10.1. The van der Waals surface area contributed by atoms with E-state index in [0.717, 1.165) is 36.9 Å². The number of benzene rings is 1. The molecule has 0 radical (unpaired) electrons. The van der Waals surface area contributed by atoms with Crippen molar-refractivity contribution >= 4 is 5.96 Å². The highest BCUT2D eigenvalue weighted by Gasteiger charge is 2.31. The van der Waals surface area contributed by atoms with Gasteiger partial charge in [-0.15, -0.1) is 0 Å². The van der Waals surface area contributed by atoms with Gasteiger partial charge in [-0.25, -0.2) is 9.98 Å². The maximum Gasteiger partial charge on any atom is 0.226 e. The number of hydrogen-bond acceptors (Lipinski definition) is 4. The van der Waals surface area contributed by atoms with Gasteiger partial charge in [0.25, 0.3) is 0 Å². The van der Waals surface area contributed by atoms with E-state index >= 15 is 0 Å². The molecule has 2 aromatic rings. The fourth-order valence-corrected chi connectivity index (χ4v) is 3.36. The minimum Gasteiger partial charge on any atom is -0.444 e. The van der Waals surface area contributed by atoms with Crippen molar-refractivity contribution in [2.45, 2.75) is 46.3 Å². The number of rotatable bonds is 6. The minimum absolute atomic E-state index is 0.405. The predicted molar refractivity (Wildman–Crippen MR) is 110 cm³/mol. The van der Waals surface area contributed by atoms with Gasteiger partial charge in [-0.2, -0.15) is 0 Å². The Kier molecular flexibility index (Phi) is 6.50. The number of aliphatic imine (C=N–C) groups is 1. The van der Waals surface area contributed by atoms with E-state index in [2.05, 4.69) is 48.2 Å². The van der Waals surface area contributed by atoms with Gasteiger partial charge < -0.3 is 15.1 Å². The normalized spacial score (nSPS) is 21.0. The van der Waals surface area contributed by atoms with Crippen LogP contribution < -0.4 is 10.6 Å². The summed E-state index contributed by atoms with van der Waals surface area (Å²) in [4.78, 5) is 11.8. The second-order valence-electron chi connectivity index (χ2n) is 7.48. The zero-order chi connectivity index (χ0) is 19.2. The molecule has 2 N–H and O–H groups in total. The zero-order valence-corrected chi connectivity index (χ0v) is 16.8. The summed E-state index contributed by atoms with van der Waals surface area (Å²) in [6.07, 6.45) is 1.69. The summed E-state index contributed by atoms with van der Waals surface area (Å²) in [7, 11) is 0. The summed E-state index contributed by atoms with van der Waals surface area (Å²) >= 11 is 0. The van der Waals surface area contributed by atoms with Crippen LogP contribution in [0.4, 0.5) is 0 Å². The standard InChI is InChI=1S/C21H31N5O/c1-5-22-21(25-19-13-26(15(2)3)12-16(19)4)23-11-18-14-27-20(24-18)17-9-7-6-8-10-17/h6-10,14-16,19H,5,11-13H2,1-4H3,(H2,22,23,25). The van der Waals surface area contributed by atoms with Gasteiger partial charge in [0.05, 0.1) is 6.54 Å². The highest BCUT2D eigenvalue weighted by Crippen LogP contribution is 2.19. The molecule has 0 spiro atoms. The predicted octanol–water partition coefficient (Wildman–Crippen LogP) is 3.13. The van der Waals surface area contributed by atoms with Gasteiger partial charge in [0.15, 0.2) is 5.96 Å². The van der Waals surface area contributed by atoms with Crippen LogP contribution in [0, 0.1) is 5.92 Å². The Bertz CT molecular complexity index is 740. The largest absolute Gasteiger partial charge is 0.444 e. The number of aromatic nitrogens is 1. The molecule has 1 saturated heterocycles. The number of guanidine groups is 1. The lowest BCUT2D eigenvalue weighted by Gasteiger charge is -2.21. The van der Waals surface area contributed by atoms with Gasteiger partial charge in [0.2, 0.25) is 5.89 Å². The molecular formula is C21H31N5O. The van der Waals surface area contributed by atoms with Gasteiger partial charge in [0, 0.05) is 37.3 Å². The van der Waals surface area contributed by atoms with Crippen LogP contribution in [0.5, 0.6) is 0 Å². The third-order valence-corrected chi connectivity index (χ3v) is 5.01. The minimum atomic E-state index is 0.405. The molecule has 1 fully saturated rings. The lowest BCUT2D eigenvalue weighted by Crippen LogP contribution is -2.46. The first-order valence-electron chi connectivity index (χ1n) is 9.85. The average Bonchev–Trinajstić information content (AvgIpc) is 3.28. The lowest BCUT2D eigenvalue weighted by molar-refractivity contribution is 0.265. The van der Waals surface area contributed by atoms with Crippen LogP contribution in [-0.2, 0) is 6.54 Å². The summed E-state index contributed by atoms with van der Waals surface area (Å²) in [5.74, 6) is 2.06. The summed E-state index contributed by atoms with van der Waals surface area (Å²) in [6, 6.07) is 10.9. The Hall–Kier alpha value is -2.34. The van der Waals surface area contributed by atoms with Crippen molar-refractivity contribution in [1.82, 2.24) is 20.5 Å². The SMILES string of the molecule is CCNC(=NCc1coc(-c2ccccc2)n1)NC1CN(C(C)C)CC1C. The first kappa shape index (κ1) is 19.4. The van der Waals surface area contributed by atoms with Crippen LogP contribution in [0.15, 0.2) is 46.0 Å². The molecule has 3 rings (SSSR count). The average molecular weight is 370 g/mol. The highest BCUT2D eigenvalue weighted by molar-refractivity contribution is 5.80. The molecule has 2 unspecified atom stereocenters. The van der Waals surface area contributed by atoms with E-state index in [0.29, 0.717) is 30.4 Å². The summed E-state index contributed by atoms with van der Waals surface area (Å²) in [5.41, 5.74) is 1.81. The fraction of sp³-hybridized carbons (Fsp3) is 0.524. The van der Waals surface area contributed by atoms with Crippen LogP contribution in [0.1, 0.15) is 33.4 Å². The van der Waals surface area contributed by atoms with E-state index in [1.165, 1.54) is 0 Å². The molecule has 0 bridgehead atoms. The summed E-state index contributed by atoms with van der Waals surface area (Å²) < 4.78 is 5.61. The molecule has 1 aliphatic heterocycles. The molecule has 2 heterocycles. The molecule has 0 saturated carbocycles. The number of nitrogens with zero attached hydrogens (tertiary/aromatic N) is 3. The molecule has 1 aromatic carbocycles. The molecule has 2 atom stereocenters.